The third kappa shape index (κ3) is 2.15. The molecule has 0 unspecified atom stereocenters. The lowest BCUT2D eigenvalue weighted by Crippen LogP contribution is -2.50. The molecule has 0 bridgehead atoms. The van der Waals surface area contributed by atoms with Crippen molar-refractivity contribution in [1.29, 1.82) is 0 Å². The van der Waals surface area contributed by atoms with Crippen LogP contribution >= 0.6 is 0 Å². The van der Waals surface area contributed by atoms with Crippen LogP contribution in [0.4, 0.5) is 5.82 Å². The highest BCUT2D eigenvalue weighted by Gasteiger charge is 2.32. The summed E-state index contributed by atoms with van der Waals surface area (Å²) in [5, 5.41) is 3.97. The van der Waals surface area contributed by atoms with Gasteiger partial charge in [-0.2, -0.15) is 0 Å². The first-order chi connectivity index (χ1) is 11.6. The second-order valence-corrected chi connectivity index (χ2v) is 6.74. The summed E-state index contributed by atoms with van der Waals surface area (Å²) in [6, 6.07) is 19.6. The smallest absolute Gasteiger partial charge is 0.293 e. The quantitative estimate of drug-likeness (QED) is 0.495. The van der Waals surface area contributed by atoms with E-state index < -0.39 is 0 Å². The van der Waals surface area contributed by atoms with Crippen molar-refractivity contribution in [3.8, 4) is 0 Å². The van der Waals surface area contributed by atoms with Crippen LogP contribution in [0.15, 0.2) is 54.6 Å². The van der Waals surface area contributed by atoms with E-state index in [0.29, 0.717) is 6.85 Å². The number of hydrogen-bond acceptors (Lipinski definition) is 1. The lowest BCUT2D eigenvalue weighted by molar-refractivity contribution is -0.631. The van der Waals surface area contributed by atoms with Gasteiger partial charge >= 0.3 is 6.85 Å². The van der Waals surface area contributed by atoms with Gasteiger partial charge in [0.1, 0.15) is 5.52 Å². The van der Waals surface area contributed by atoms with Crippen LogP contribution < -0.4 is 19.8 Å². The molecule has 0 fully saturated rings. The topological polar surface area (TPSA) is 7.12 Å². The highest BCUT2D eigenvalue weighted by molar-refractivity contribution is 6.80. The van der Waals surface area contributed by atoms with E-state index in [0.717, 1.165) is 0 Å². The maximum Gasteiger partial charge on any atom is 0.405 e. The van der Waals surface area contributed by atoms with Gasteiger partial charge in [-0.05, 0) is 49.1 Å². The molecule has 1 aliphatic heterocycles. The summed E-state index contributed by atoms with van der Waals surface area (Å²) in [5.41, 5.74) is 4.00. The Balaban J connectivity index is 1.96. The number of aryl methyl sites for hydroxylation is 2. The predicted octanol–water partition coefficient (Wildman–Crippen LogP) is 2.56. The minimum Gasteiger partial charge on any atom is -0.293 e. The molecule has 2 heterocycles. The Labute approximate surface area is 143 Å². The summed E-state index contributed by atoms with van der Waals surface area (Å²) < 4.78 is 2.30. The van der Waals surface area contributed by atoms with Crippen molar-refractivity contribution in [2.45, 2.75) is 20.7 Å². The third-order valence-corrected chi connectivity index (χ3v) is 5.38. The molecule has 0 radical (unpaired) electrons. The Morgan fingerprint density at radius 2 is 1.71 bits per heavy atom. The van der Waals surface area contributed by atoms with Crippen molar-refractivity contribution in [1.82, 2.24) is 0 Å². The summed E-state index contributed by atoms with van der Waals surface area (Å²) in [6.45, 7) is 7.04. The third-order valence-electron chi connectivity index (χ3n) is 5.38. The Bertz CT molecular complexity index is 1070. The highest BCUT2D eigenvalue weighted by atomic mass is 15.2. The van der Waals surface area contributed by atoms with Gasteiger partial charge in [-0.15, -0.1) is 0 Å². The monoisotopic (exact) mass is 313 g/mol. The zero-order chi connectivity index (χ0) is 16.8. The van der Waals surface area contributed by atoms with E-state index in [1.165, 1.54) is 38.2 Å². The van der Waals surface area contributed by atoms with Crippen molar-refractivity contribution in [3.63, 3.8) is 0 Å². The molecule has 0 spiro atoms. The molecule has 3 aromatic rings. The molecule has 24 heavy (non-hydrogen) atoms. The van der Waals surface area contributed by atoms with Crippen LogP contribution in [0.2, 0.25) is 6.82 Å². The molecule has 0 amide bonds. The fraction of sp³-hybridized carbons (Fsp3) is 0.190. The minimum atomic E-state index is 0.341. The molecule has 0 saturated carbocycles. The number of pyridine rings is 1. The van der Waals surface area contributed by atoms with Crippen LogP contribution in [0, 0.1) is 6.92 Å². The van der Waals surface area contributed by atoms with Crippen molar-refractivity contribution < 1.29 is 4.57 Å². The maximum atomic E-state index is 2.39. The first-order valence-electron chi connectivity index (χ1n) is 8.52. The van der Waals surface area contributed by atoms with Gasteiger partial charge in [0.25, 0.3) is 5.82 Å². The van der Waals surface area contributed by atoms with Gasteiger partial charge < -0.3 is 0 Å². The number of nitrogens with zero attached hydrogens (tertiary/aromatic N) is 2. The van der Waals surface area contributed by atoms with Gasteiger partial charge in [-0.3, -0.25) is 4.81 Å². The number of fused-ring (bicyclic) bond motifs is 2. The van der Waals surface area contributed by atoms with Gasteiger partial charge in [0.15, 0.2) is 0 Å². The van der Waals surface area contributed by atoms with E-state index in [2.05, 4.69) is 97.9 Å². The van der Waals surface area contributed by atoms with E-state index in [-0.39, 0.29) is 0 Å². The van der Waals surface area contributed by atoms with Gasteiger partial charge in [0.2, 0.25) is 0 Å². The first-order valence-corrected chi connectivity index (χ1v) is 8.52. The summed E-state index contributed by atoms with van der Waals surface area (Å²) in [6.07, 6.45) is 2.28. The molecular formula is C21H22BN2+. The Morgan fingerprint density at radius 1 is 0.917 bits per heavy atom. The molecule has 1 aliphatic rings. The highest BCUT2D eigenvalue weighted by Crippen LogP contribution is 2.22. The molecule has 0 N–H and O–H groups in total. The molecule has 2 aromatic carbocycles. The van der Waals surface area contributed by atoms with Crippen molar-refractivity contribution in [3.05, 3.63) is 70.6 Å². The van der Waals surface area contributed by atoms with Crippen molar-refractivity contribution >= 4 is 35.2 Å². The fourth-order valence-electron chi connectivity index (χ4n) is 3.76. The second kappa shape index (κ2) is 5.52. The van der Waals surface area contributed by atoms with Crippen LogP contribution in [-0.4, -0.2) is 6.85 Å². The number of hydrogen-bond donors (Lipinski definition) is 0. The van der Waals surface area contributed by atoms with Gasteiger partial charge in [0, 0.05) is 16.7 Å². The molecular weight excluding hydrogens is 291 g/mol. The maximum absolute atomic E-state index is 2.39. The van der Waals surface area contributed by atoms with Gasteiger partial charge in [-0.1, -0.05) is 36.4 Å². The van der Waals surface area contributed by atoms with Gasteiger partial charge in [0.05, 0.1) is 13.2 Å². The Kier molecular flexibility index (Phi) is 3.45. The molecule has 4 rings (SSSR count). The average molecular weight is 313 g/mol. The summed E-state index contributed by atoms with van der Waals surface area (Å²) in [5.74, 6) is 1.22. The average Bonchev–Trinajstić information content (AvgIpc) is 2.60. The molecule has 3 heteroatoms. The van der Waals surface area contributed by atoms with E-state index in [4.69, 9.17) is 0 Å². The van der Waals surface area contributed by atoms with Gasteiger partial charge in [-0.25, -0.2) is 4.57 Å². The fourth-order valence-corrected chi connectivity index (χ4v) is 3.76. The number of rotatable bonds is 1. The Morgan fingerprint density at radius 3 is 2.54 bits per heavy atom. The summed E-state index contributed by atoms with van der Waals surface area (Å²) >= 11 is 0. The molecule has 1 aromatic heterocycles. The van der Waals surface area contributed by atoms with E-state index >= 15 is 0 Å². The van der Waals surface area contributed by atoms with Crippen LogP contribution in [0.3, 0.4) is 0 Å². The number of aromatic nitrogens is 1. The van der Waals surface area contributed by atoms with Crippen molar-refractivity contribution in [2.24, 2.45) is 7.05 Å². The lowest BCUT2D eigenvalue weighted by Gasteiger charge is -2.23. The largest absolute Gasteiger partial charge is 0.405 e. The first kappa shape index (κ1) is 15.0. The van der Waals surface area contributed by atoms with Crippen LogP contribution in [0.5, 0.6) is 0 Å². The van der Waals surface area contributed by atoms with E-state index in [9.17, 15) is 0 Å². The Hall–Kier alpha value is -2.55. The normalized spacial score (nSPS) is 13.9. The molecule has 0 saturated heterocycles. The van der Waals surface area contributed by atoms with Crippen LogP contribution in [-0.2, 0) is 7.05 Å². The van der Waals surface area contributed by atoms with E-state index in [1.54, 1.807) is 0 Å². The predicted molar refractivity (Wildman–Crippen MR) is 103 cm³/mol. The minimum absolute atomic E-state index is 0.341. The van der Waals surface area contributed by atoms with Crippen LogP contribution in [0.1, 0.15) is 12.5 Å². The second-order valence-electron chi connectivity index (χ2n) is 6.74. The zero-order valence-electron chi connectivity index (χ0n) is 14.7. The number of anilines is 1. The molecule has 0 atom stereocenters. The molecule has 2 nitrogen and oxygen atoms in total. The zero-order valence-corrected chi connectivity index (χ0v) is 14.7. The summed E-state index contributed by atoms with van der Waals surface area (Å²) in [7, 11) is 2.16. The number of benzene rings is 2. The molecule has 0 aliphatic carbocycles. The van der Waals surface area contributed by atoms with E-state index in [1.807, 2.05) is 0 Å². The lowest BCUT2D eigenvalue weighted by atomic mass is 9.55. The van der Waals surface area contributed by atoms with Crippen LogP contribution in [0.25, 0.3) is 22.6 Å². The standard InChI is InChI=1S/C21H22BN2/c1-15-8-7-11-20-18(15)12-13-21(23(20)4)24-14-17-9-5-6-10-19(17)16(2)22(24)3/h5-14H,1-4H3/q+1. The SMILES string of the molecule is CB1C(C)=c2ccccc2=CN1c1ccc2c(C)cccc2[n+]1C. The summed E-state index contributed by atoms with van der Waals surface area (Å²) in [4.78, 5) is 2.39. The molecule has 118 valence electrons. The van der Waals surface area contributed by atoms with Crippen molar-refractivity contribution in [2.75, 3.05) is 4.81 Å².